The van der Waals surface area contributed by atoms with Crippen molar-refractivity contribution in [3.63, 3.8) is 0 Å². The number of nitrogens with one attached hydrogen (secondary N) is 1. The molecule has 2 amide bonds. The van der Waals surface area contributed by atoms with Crippen LogP contribution in [0.2, 0.25) is 0 Å². The fourth-order valence-electron chi connectivity index (χ4n) is 3.07. The van der Waals surface area contributed by atoms with Gasteiger partial charge in [-0.25, -0.2) is 0 Å². The van der Waals surface area contributed by atoms with E-state index in [-0.39, 0.29) is 24.3 Å². The maximum Gasteiger partial charge on any atom is 0.229 e. The van der Waals surface area contributed by atoms with E-state index in [9.17, 15) is 9.59 Å². The van der Waals surface area contributed by atoms with Crippen LogP contribution >= 0.6 is 0 Å². The van der Waals surface area contributed by atoms with Gasteiger partial charge in [-0.1, -0.05) is 48.5 Å². The second kappa shape index (κ2) is 6.65. The standard InChI is InChI=1S/C19H20N2O2/c1-14(22)20-17(15-7-3-2-4-8-15)13-19(23)21-12-11-16-9-5-6-10-18(16)21/h2-10,17H,11-13H2,1H3,(H,20,22)/t17-/m0/s1. The van der Waals surface area contributed by atoms with Crippen LogP contribution in [0.15, 0.2) is 54.6 Å². The molecular weight excluding hydrogens is 288 g/mol. The molecule has 0 bridgehead atoms. The molecule has 23 heavy (non-hydrogen) atoms. The minimum atomic E-state index is -0.297. The predicted molar refractivity (Wildman–Crippen MR) is 90.1 cm³/mol. The summed E-state index contributed by atoms with van der Waals surface area (Å²) in [4.78, 5) is 26.1. The van der Waals surface area contributed by atoms with Crippen molar-refractivity contribution in [2.24, 2.45) is 0 Å². The van der Waals surface area contributed by atoms with Gasteiger partial charge in [-0.3, -0.25) is 9.59 Å². The summed E-state index contributed by atoms with van der Waals surface area (Å²) < 4.78 is 0. The minimum Gasteiger partial charge on any atom is -0.349 e. The van der Waals surface area contributed by atoms with Crippen molar-refractivity contribution in [2.45, 2.75) is 25.8 Å². The molecule has 1 aliphatic heterocycles. The highest BCUT2D eigenvalue weighted by Crippen LogP contribution is 2.29. The van der Waals surface area contributed by atoms with Crippen LogP contribution in [-0.2, 0) is 16.0 Å². The van der Waals surface area contributed by atoms with E-state index in [0.717, 1.165) is 17.7 Å². The van der Waals surface area contributed by atoms with E-state index >= 15 is 0 Å². The van der Waals surface area contributed by atoms with Gasteiger partial charge in [-0.15, -0.1) is 0 Å². The molecule has 0 fully saturated rings. The summed E-state index contributed by atoms with van der Waals surface area (Å²) in [5, 5.41) is 2.89. The van der Waals surface area contributed by atoms with Gasteiger partial charge in [0.2, 0.25) is 11.8 Å². The molecule has 0 unspecified atom stereocenters. The summed E-state index contributed by atoms with van der Waals surface area (Å²) in [5.41, 5.74) is 3.15. The molecule has 0 aromatic heterocycles. The normalized spacial score (nSPS) is 14.2. The summed E-state index contributed by atoms with van der Waals surface area (Å²) in [7, 11) is 0. The zero-order valence-corrected chi connectivity index (χ0v) is 13.2. The van der Waals surface area contributed by atoms with Gasteiger partial charge >= 0.3 is 0 Å². The van der Waals surface area contributed by atoms with E-state index in [4.69, 9.17) is 0 Å². The van der Waals surface area contributed by atoms with Crippen LogP contribution in [0.5, 0.6) is 0 Å². The molecule has 0 spiro atoms. The first-order chi connectivity index (χ1) is 11.1. The van der Waals surface area contributed by atoms with Gasteiger partial charge in [0.25, 0.3) is 0 Å². The summed E-state index contributed by atoms with van der Waals surface area (Å²) >= 11 is 0. The van der Waals surface area contributed by atoms with Crippen LogP contribution in [0.25, 0.3) is 0 Å². The van der Waals surface area contributed by atoms with Crippen molar-refractivity contribution in [1.29, 1.82) is 0 Å². The number of para-hydroxylation sites is 1. The largest absolute Gasteiger partial charge is 0.349 e. The number of hydrogen-bond donors (Lipinski definition) is 1. The van der Waals surface area contributed by atoms with Crippen molar-refractivity contribution < 1.29 is 9.59 Å². The number of benzene rings is 2. The Morgan fingerprint density at radius 2 is 1.78 bits per heavy atom. The first kappa shape index (κ1) is 15.3. The molecule has 0 saturated heterocycles. The summed E-state index contributed by atoms with van der Waals surface area (Å²) in [6.45, 7) is 2.19. The minimum absolute atomic E-state index is 0.0394. The lowest BCUT2D eigenvalue weighted by Crippen LogP contribution is -2.35. The fraction of sp³-hybridized carbons (Fsp3) is 0.263. The zero-order chi connectivity index (χ0) is 16.2. The maximum atomic E-state index is 12.7. The zero-order valence-electron chi connectivity index (χ0n) is 13.2. The number of rotatable bonds is 4. The van der Waals surface area contributed by atoms with Gasteiger partial charge < -0.3 is 10.2 Å². The number of carbonyl (C=O) groups excluding carboxylic acids is 2. The van der Waals surface area contributed by atoms with Gasteiger partial charge in [-0.2, -0.15) is 0 Å². The Morgan fingerprint density at radius 1 is 1.09 bits per heavy atom. The number of fused-ring (bicyclic) bond motifs is 1. The Hall–Kier alpha value is -2.62. The first-order valence-corrected chi connectivity index (χ1v) is 7.85. The van der Waals surface area contributed by atoms with Gasteiger partial charge in [0.15, 0.2) is 0 Å². The highest BCUT2D eigenvalue weighted by molar-refractivity contribution is 5.96. The highest BCUT2D eigenvalue weighted by atomic mass is 16.2. The molecule has 3 rings (SSSR count). The van der Waals surface area contributed by atoms with E-state index in [1.54, 1.807) is 0 Å². The molecule has 0 saturated carbocycles. The molecular formula is C19H20N2O2. The first-order valence-electron chi connectivity index (χ1n) is 7.85. The molecule has 1 aliphatic rings. The van der Waals surface area contributed by atoms with Gasteiger partial charge in [0.1, 0.15) is 0 Å². The van der Waals surface area contributed by atoms with E-state index in [1.165, 1.54) is 12.5 Å². The second-order valence-electron chi connectivity index (χ2n) is 5.79. The Bertz CT molecular complexity index is 712. The lowest BCUT2D eigenvalue weighted by molar-refractivity contribution is -0.121. The van der Waals surface area contributed by atoms with E-state index in [0.29, 0.717) is 6.54 Å². The molecule has 0 radical (unpaired) electrons. The number of nitrogens with zero attached hydrogens (tertiary/aromatic N) is 1. The molecule has 2 aromatic rings. The fourth-order valence-corrected chi connectivity index (χ4v) is 3.07. The van der Waals surface area contributed by atoms with E-state index < -0.39 is 0 Å². The number of hydrogen-bond acceptors (Lipinski definition) is 2. The molecule has 118 valence electrons. The number of amides is 2. The van der Waals surface area contributed by atoms with Crippen LogP contribution in [0.1, 0.15) is 30.5 Å². The summed E-state index contributed by atoms with van der Waals surface area (Å²) in [5.74, 6) is -0.0916. The number of carbonyl (C=O) groups is 2. The average molecular weight is 308 g/mol. The molecule has 1 atom stereocenters. The molecule has 1 heterocycles. The Kier molecular flexibility index (Phi) is 4.42. The van der Waals surface area contributed by atoms with Crippen LogP contribution < -0.4 is 10.2 Å². The van der Waals surface area contributed by atoms with E-state index in [1.807, 2.05) is 53.4 Å². The molecule has 4 nitrogen and oxygen atoms in total. The lowest BCUT2D eigenvalue weighted by atomic mass is 10.0. The topological polar surface area (TPSA) is 49.4 Å². The Morgan fingerprint density at radius 3 is 2.52 bits per heavy atom. The van der Waals surface area contributed by atoms with Gasteiger partial charge in [-0.05, 0) is 23.6 Å². The second-order valence-corrected chi connectivity index (χ2v) is 5.79. The van der Waals surface area contributed by atoms with Crippen molar-refractivity contribution in [3.05, 3.63) is 65.7 Å². The van der Waals surface area contributed by atoms with Crippen LogP contribution in [0.4, 0.5) is 5.69 Å². The highest BCUT2D eigenvalue weighted by Gasteiger charge is 2.27. The van der Waals surface area contributed by atoms with Gasteiger partial charge in [0, 0.05) is 19.2 Å². The third-order valence-corrected chi connectivity index (χ3v) is 4.15. The van der Waals surface area contributed by atoms with Crippen molar-refractivity contribution in [1.82, 2.24) is 5.32 Å². The van der Waals surface area contributed by atoms with Gasteiger partial charge in [0.05, 0.1) is 12.5 Å². The monoisotopic (exact) mass is 308 g/mol. The van der Waals surface area contributed by atoms with Crippen LogP contribution in [0, 0.1) is 0 Å². The summed E-state index contributed by atoms with van der Waals surface area (Å²) in [6, 6.07) is 17.3. The Labute approximate surface area is 136 Å². The average Bonchev–Trinajstić information content (AvgIpc) is 2.99. The van der Waals surface area contributed by atoms with Crippen LogP contribution in [-0.4, -0.2) is 18.4 Å². The van der Waals surface area contributed by atoms with Crippen molar-refractivity contribution in [3.8, 4) is 0 Å². The summed E-state index contributed by atoms with van der Waals surface area (Å²) in [6.07, 6.45) is 1.15. The quantitative estimate of drug-likeness (QED) is 0.944. The van der Waals surface area contributed by atoms with Crippen LogP contribution in [0.3, 0.4) is 0 Å². The van der Waals surface area contributed by atoms with E-state index in [2.05, 4.69) is 11.4 Å². The smallest absolute Gasteiger partial charge is 0.229 e. The third kappa shape index (κ3) is 3.42. The number of anilines is 1. The third-order valence-electron chi connectivity index (χ3n) is 4.15. The molecule has 2 aromatic carbocycles. The molecule has 1 N–H and O–H groups in total. The van der Waals surface area contributed by atoms with Crippen molar-refractivity contribution >= 4 is 17.5 Å². The lowest BCUT2D eigenvalue weighted by Gasteiger charge is -2.22. The Balaban J connectivity index is 1.78. The molecule has 4 heteroatoms. The molecule has 0 aliphatic carbocycles. The maximum absolute atomic E-state index is 12.7. The predicted octanol–water partition coefficient (Wildman–Crippen LogP) is 2.84. The SMILES string of the molecule is CC(=O)N[C@@H](CC(=O)N1CCc2ccccc21)c1ccccc1. The van der Waals surface area contributed by atoms with Crippen molar-refractivity contribution in [2.75, 3.05) is 11.4 Å².